The fourth-order valence-electron chi connectivity index (χ4n) is 12.1. The van der Waals surface area contributed by atoms with Crippen LogP contribution in [0.4, 0.5) is 0 Å². The quantitative estimate of drug-likeness (QED) is 0.129. The molecule has 12 atom stereocenters. The minimum atomic E-state index is -1.63. The highest BCUT2D eigenvalue weighted by Crippen LogP contribution is 2.27. The maximum atomic E-state index is 15.6. The summed E-state index contributed by atoms with van der Waals surface area (Å²) in [6.07, 6.45) is 6.52. The molecule has 23 nitrogen and oxygen atoms in total. The fourth-order valence-corrected chi connectivity index (χ4v) is 12.1. The van der Waals surface area contributed by atoms with E-state index in [2.05, 4.69) is 16.0 Å². The van der Waals surface area contributed by atoms with Crippen molar-refractivity contribution in [3.05, 3.63) is 54.1 Å². The third-order valence-corrected chi connectivity index (χ3v) is 17.7. The van der Waals surface area contributed by atoms with Gasteiger partial charge in [0.1, 0.15) is 60.4 Å². The third-order valence-electron chi connectivity index (χ3n) is 17.7. The number of carbonyl (C=O) groups is 11. The molecule has 1 unspecified atom stereocenters. The number of benzene rings is 1. The van der Waals surface area contributed by atoms with Crippen LogP contribution in [0.2, 0.25) is 0 Å². The summed E-state index contributed by atoms with van der Waals surface area (Å²) in [6.45, 7) is 29.5. The van der Waals surface area contributed by atoms with Gasteiger partial charge in [0.05, 0.1) is 12.6 Å². The van der Waals surface area contributed by atoms with Gasteiger partial charge < -0.3 is 60.3 Å². The van der Waals surface area contributed by atoms with Crippen LogP contribution in [-0.2, 0) is 52.7 Å². The van der Waals surface area contributed by atoms with Crippen LogP contribution in [0.3, 0.4) is 0 Å². The smallest absolute Gasteiger partial charge is 0.246 e. The van der Waals surface area contributed by atoms with E-state index in [0.717, 1.165) is 15.4 Å². The standard InChI is InChI=1S/C71H119N11O12/c1-25-27-32-48(15)61(84)60-64(87)74-52(26-2)66(89)75(18)41-57(83)76(19)56(40-45(9)10)69(92)82(36-31-35-51-33-29-28-30-34-51)59(47(13)14)71(94)77(20)53(37-42(3)4)63(86)72-49(16)62(85)73-50(17)65(88)78(21)54(38-43(5)6)67(90)79(22)55(39-44(7)8)68(91)80(23)58(46(11)12)70(93)81(60)24/h25,27-31,33-35,42-50,52-56,58-61,84H,26,32,36-41H2,1-24H3,(H,72,86)(H,73,85)(H,74,87)/b27-25+,35-31+/t48-,49+,50-,52+,53+,54+,55+,56+,58+,59+,60?,61+/m1/s1. The molecule has 2 rings (SSSR count). The minimum absolute atomic E-state index is 0.0105. The second-order valence-electron chi connectivity index (χ2n) is 28.4. The van der Waals surface area contributed by atoms with Gasteiger partial charge in [-0.1, -0.05) is 152 Å². The Morgan fingerprint density at radius 2 is 0.915 bits per heavy atom. The number of nitrogens with one attached hydrogen (secondary N) is 3. The first-order valence-corrected chi connectivity index (χ1v) is 33.8. The Hall–Kier alpha value is -7.17. The summed E-state index contributed by atoms with van der Waals surface area (Å²) in [7, 11) is 10.0. The van der Waals surface area contributed by atoms with E-state index in [1.54, 1.807) is 60.6 Å². The lowest BCUT2D eigenvalue weighted by Crippen LogP contribution is -2.63. The van der Waals surface area contributed by atoms with Crippen molar-refractivity contribution in [1.82, 2.24) is 55.1 Å². The minimum Gasteiger partial charge on any atom is -0.390 e. The van der Waals surface area contributed by atoms with E-state index in [1.165, 1.54) is 92.6 Å². The molecule has 0 saturated carbocycles. The summed E-state index contributed by atoms with van der Waals surface area (Å²) in [5, 5.41) is 20.5. The normalized spacial score (nSPS) is 25.6. The summed E-state index contributed by atoms with van der Waals surface area (Å²) in [4.78, 5) is 174. The molecule has 0 spiro atoms. The van der Waals surface area contributed by atoms with E-state index in [4.69, 9.17) is 0 Å². The van der Waals surface area contributed by atoms with Gasteiger partial charge >= 0.3 is 0 Å². The zero-order valence-corrected chi connectivity index (χ0v) is 61.3. The highest BCUT2D eigenvalue weighted by Gasteiger charge is 2.46. The van der Waals surface area contributed by atoms with Gasteiger partial charge in [-0.3, -0.25) is 52.7 Å². The number of nitrogens with zero attached hydrogens (tertiary/aromatic N) is 8. The Labute approximate surface area is 562 Å². The van der Waals surface area contributed by atoms with E-state index in [9.17, 15) is 33.9 Å². The van der Waals surface area contributed by atoms with Gasteiger partial charge in [-0.15, -0.1) is 0 Å². The summed E-state index contributed by atoms with van der Waals surface area (Å²) >= 11 is 0. The number of allylic oxidation sites excluding steroid dienone is 2. The highest BCUT2D eigenvalue weighted by molar-refractivity contribution is 5.99. The van der Waals surface area contributed by atoms with Crippen LogP contribution in [0.5, 0.6) is 0 Å². The maximum Gasteiger partial charge on any atom is 0.246 e. The SMILES string of the molecule is C/C=C/C[C@@H](C)[C@H](O)C1C(=O)N[C@@H](CC)C(=O)N(C)CC(=O)N(C)[C@@H](CC(C)C)C(=O)N(C/C=C/c2ccccc2)[C@@H](C(C)C)C(=O)N(C)[C@@H](CC(C)C)C(=O)N[C@@H](C)C(=O)N[C@H](C)C(=O)N(C)[C@@H](CC(C)C)C(=O)N(C)[C@@H](CC(C)C)C(=O)N(C)[C@@H](C(C)C)C(=O)N1C. The van der Waals surface area contributed by atoms with Crippen molar-refractivity contribution in [3.8, 4) is 0 Å². The highest BCUT2D eigenvalue weighted by atomic mass is 16.3. The molecule has 1 aromatic carbocycles. The first-order valence-electron chi connectivity index (χ1n) is 33.8. The van der Waals surface area contributed by atoms with Gasteiger partial charge in [-0.05, 0) is 106 Å². The molecular formula is C71H119N11O12. The molecule has 1 saturated heterocycles. The second-order valence-corrected chi connectivity index (χ2v) is 28.4. The van der Waals surface area contributed by atoms with E-state index in [-0.39, 0.29) is 62.3 Å². The predicted octanol–water partition coefficient (Wildman–Crippen LogP) is 5.69. The number of hydrogen-bond acceptors (Lipinski definition) is 12. The Morgan fingerprint density at radius 3 is 1.39 bits per heavy atom. The number of aliphatic hydroxyl groups is 1. The van der Waals surface area contributed by atoms with Crippen LogP contribution < -0.4 is 16.0 Å². The van der Waals surface area contributed by atoms with Crippen molar-refractivity contribution in [2.75, 3.05) is 62.4 Å². The van der Waals surface area contributed by atoms with E-state index >= 15 is 24.0 Å². The van der Waals surface area contributed by atoms with Crippen LogP contribution in [-0.4, -0.2) is 238 Å². The number of amides is 11. The average molecular weight is 1320 g/mol. The maximum absolute atomic E-state index is 15.6. The van der Waals surface area contributed by atoms with Crippen LogP contribution in [0, 0.1) is 41.4 Å². The molecule has 530 valence electrons. The number of hydrogen-bond donors (Lipinski definition) is 4. The summed E-state index contributed by atoms with van der Waals surface area (Å²) in [6, 6.07) is -3.22. The van der Waals surface area contributed by atoms with Gasteiger partial charge in [0.2, 0.25) is 65.0 Å². The lowest BCUT2D eigenvalue weighted by Gasteiger charge is -2.41. The topological polar surface area (TPSA) is 270 Å². The zero-order chi connectivity index (χ0) is 72.1. The molecule has 11 amide bonds. The lowest BCUT2D eigenvalue weighted by atomic mass is 9.91. The number of rotatable bonds is 18. The van der Waals surface area contributed by atoms with E-state index in [0.29, 0.717) is 6.42 Å². The summed E-state index contributed by atoms with van der Waals surface area (Å²) < 4.78 is 0. The van der Waals surface area contributed by atoms with Crippen molar-refractivity contribution < 1.29 is 57.8 Å². The molecule has 1 aliphatic heterocycles. The van der Waals surface area contributed by atoms with Crippen molar-refractivity contribution >= 4 is 71.1 Å². The third kappa shape index (κ3) is 23.0. The molecule has 0 aromatic heterocycles. The van der Waals surface area contributed by atoms with Gasteiger partial charge in [0.25, 0.3) is 0 Å². The monoisotopic (exact) mass is 1320 g/mol. The molecule has 94 heavy (non-hydrogen) atoms. The van der Waals surface area contributed by atoms with Gasteiger partial charge in [0.15, 0.2) is 0 Å². The van der Waals surface area contributed by atoms with Gasteiger partial charge in [0, 0.05) is 55.9 Å². The number of likely N-dealkylation sites (N-methyl/N-ethyl adjacent to an activating group) is 7. The van der Waals surface area contributed by atoms with E-state index in [1.807, 2.05) is 97.9 Å². The fraction of sp³-hybridized carbons (Fsp3) is 0.704. The summed E-state index contributed by atoms with van der Waals surface area (Å²) in [5.41, 5.74) is 0.817. The molecular weight excluding hydrogens is 1200 g/mol. The Balaban J connectivity index is 3.11. The van der Waals surface area contributed by atoms with Crippen molar-refractivity contribution in [3.63, 3.8) is 0 Å². The number of aliphatic hydroxyl groups excluding tert-OH is 1. The molecule has 0 radical (unpaired) electrons. The van der Waals surface area contributed by atoms with Crippen LogP contribution in [0.15, 0.2) is 48.6 Å². The van der Waals surface area contributed by atoms with Crippen molar-refractivity contribution in [2.45, 2.75) is 223 Å². The molecule has 23 heteroatoms. The summed E-state index contributed by atoms with van der Waals surface area (Å²) in [5.74, 6) is -9.80. The first-order chi connectivity index (χ1) is 43.7. The number of carbonyl (C=O) groups excluding carboxylic acids is 11. The predicted molar refractivity (Wildman–Crippen MR) is 367 cm³/mol. The Morgan fingerprint density at radius 1 is 0.479 bits per heavy atom. The molecule has 0 aliphatic carbocycles. The van der Waals surface area contributed by atoms with Gasteiger partial charge in [-0.2, -0.15) is 0 Å². The molecule has 1 aromatic rings. The largest absolute Gasteiger partial charge is 0.390 e. The Kier molecular flexibility index (Phi) is 33.9. The van der Waals surface area contributed by atoms with Gasteiger partial charge in [-0.25, -0.2) is 0 Å². The van der Waals surface area contributed by atoms with Crippen molar-refractivity contribution in [1.29, 1.82) is 0 Å². The second kappa shape index (κ2) is 38.4. The van der Waals surface area contributed by atoms with Crippen LogP contribution in [0.1, 0.15) is 162 Å². The van der Waals surface area contributed by atoms with Crippen LogP contribution in [0.25, 0.3) is 6.08 Å². The average Bonchev–Trinajstić information content (AvgIpc) is 0.809. The molecule has 1 heterocycles. The molecule has 4 N–H and O–H groups in total. The first kappa shape index (κ1) is 82.9. The zero-order valence-electron chi connectivity index (χ0n) is 61.3. The Bertz CT molecular complexity index is 2770. The lowest BCUT2D eigenvalue weighted by molar-refractivity contribution is -0.157. The van der Waals surface area contributed by atoms with Crippen molar-refractivity contribution in [2.24, 2.45) is 41.4 Å². The van der Waals surface area contributed by atoms with E-state index < -0.39 is 156 Å². The molecule has 1 aliphatic rings. The van der Waals surface area contributed by atoms with Crippen LogP contribution >= 0.6 is 0 Å². The molecule has 1 fully saturated rings. The molecule has 0 bridgehead atoms.